The standard InChI is InChI=1S/C71H131N2O7P/c1-7-10-13-16-19-22-25-28-30-31-32-33-34-35-36-37-38-39-40-41-43-45-48-51-54-57-60-63-70(74)72-68(67-79-81(76,77)78-66-65-73(4,5)6)69(62-59-56-53-50-47-44-27-24-21-18-15-12-9-3)80-71(75)64-61-58-55-52-49-46-42-29-26-23-20-17-14-11-8-2/h19-20,22-23,26,28-30,32-33,59,62,68-69H,7-18,21,24-25,27,31,34-58,60-61,63-67H2,1-6H3,(H-,72,74,76,77)/p+1/b22-19-,23-20+,29-26+,30-28-,33-32-,62-59-. The van der Waals surface area contributed by atoms with Gasteiger partial charge in [0.05, 0.1) is 33.8 Å². The summed E-state index contributed by atoms with van der Waals surface area (Å²) in [6.07, 6.45) is 79.0. The number of rotatable bonds is 62. The molecular formula is C71H132N2O7P+. The van der Waals surface area contributed by atoms with Gasteiger partial charge in [0.2, 0.25) is 5.91 Å². The van der Waals surface area contributed by atoms with E-state index in [0.29, 0.717) is 17.4 Å². The zero-order valence-electron chi connectivity index (χ0n) is 54.0. The van der Waals surface area contributed by atoms with Crippen molar-refractivity contribution in [3.05, 3.63) is 72.9 Å². The van der Waals surface area contributed by atoms with Crippen LogP contribution in [0.5, 0.6) is 0 Å². The number of hydrogen-bond donors (Lipinski definition) is 2. The maximum absolute atomic E-state index is 13.6. The summed E-state index contributed by atoms with van der Waals surface area (Å²) < 4.78 is 30.8. The van der Waals surface area contributed by atoms with Gasteiger partial charge in [0.15, 0.2) is 0 Å². The molecule has 0 radical (unpaired) electrons. The number of ether oxygens (including phenoxy) is 1. The topological polar surface area (TPSA) is 111 Å². The Balaban J connectivity index is 5.07. The molecule has 0 aliphatic carbocycles. The van der Waals surface area contributed by atoms with E-state index in [-0.39, 0.29) is 31.5 Å². The number of carbonyl (C=O) groups is 2. The first-order chi connectivity index (χ1) is 39.4. The van der Waals surface area contributed by atoms with Crippen LogP contribution >= 0.6 is 7.82 Å². The molecule has 0 spiro atoms. The molecule has 2 N–H and O–H groups in total. The maximum atomic E-state index is 13.6. The molecule has 0 saturated heterocycles. The van der Waals surface area contributed by atoms with E-state index >= 15 is 0 Å². The van der Waals surface area contributed by atoms with Gasteiger partial charge in [-0.2, -0.15) is 0 Å². The molecule has 0 heterocycles. The minimum atomic E-state index is -4.46. The number of phosphoric acid groups is 1. The van der Waals surface area contributed by atoms with Crippen LogP contribution in [0, 0.1) is 0 Å². The van der Waals surface area contributed by atoms with Gasteiger partial charge in [0, 0.05) is 12.8 Å². The smallest absolute Gasteiger partial charge is 0.456 e. The fraction of sp³-hybridized carbons (Fsp3) is 0.803. The number of amides is 1. The van der Waals surface area contributed by atoms with Crippen LogP contribution in [0.3, 0.4) is 0 Å². The number of carbonyl (C=O) groups excluding carboxylic acids is 2. The molecule has 3 atom stereocenters. The highest BCUT2D eigenvalue weighted by Crippen LogP contribution is 2.43. The fourth-order valence-electron chi connectivity index (χ4n) is 9.82. The minimum Gasteiger partial charge on any atom is -0.456 e. The molecule has 0 aliphatic heterocycles. The molecule has 0 fully saturated rings. The van der Waals surface area contributed by atoms with Crippen molar-refractivity contribution in [1.82, 2.24) is 5.32 Å². The van der Waals surface area contributed by atoms with Gasteiger partial charge in [0.1, 0.15) is 19.3 Å². The molecule has 0 bridgehead atoms. The molecule has 472 valence electrons. The van der Waals surface area contributed by atoms with Crippen molar-refractivity contribution in [2.24, 2.45) is 0 Å². The first kappa shape index (κ1) is 78.5. The van der Waals surface area contributed by atoms with Crippen molar-refractivity contribution in [2.45, 2.75) is 328 Å². The zero-order valence-corrected chi connectivity index (χ0v) is 54.9. The Hall–Kier alpha value is -2.55. The number of nitrogens with zero attached hydrogens (tertiary/aromatic N) is 1. The van der Waals surface area contributed by atoms with Crippen LogP contribution in [-0.4, -0.2) is 74.3 Å². The van der Waals surface area contributed by atoms with Gasteiger partial charge in [-0.3, -0.25) is 18.6 Å². The summed E-state index contributed by atoms with van der Waals surface area (Å²) in [7, 11) is 1.49. The monoisotopic (exact) mass is 1160 g/mol. The van der Waals surface area contributed by atoms with Crippen molar-refractivity contribution < 1.29 is 37.3 Å². The predicted octanol–water partition coefficient (Wildman–Crippen LogP) is 21.6. The molecule has 1 amide bonds. The first-order valence-corrected chi connectivity index (χ1v) is 35.8. The SMILES string of the molecule is CCCCC/C=C\C/C=C\C/C=C\CCCCCCCCCCCCCCCCC(=O)NC(COP(=O)(O)OCC[N+](C)(C)C)C(/C=C\CCCCCCCCCCCCC)OC(=O)CCCCCCCC/C=C/C=C/CCCCC. The van der Waals surface area contributed by atoms with Crippen LogP contribution in [0.2, 0.25) is 0 Å². The summed E-state index contributed by atoms with van der Waals surface area (Å²) in [4.78, 5) is 37.8. The Morgan fingerprint density at radius 2 is 0.790 bits per heavy atom. The number of hydrogen-bond acceptors (Lipinski definition) is 6. The molecule has 81 heavy (non-hydrogen) atoms. The minimum absolute atomic E-state index is 0.0370. The second-order valence-corrected chi connectivity index (χ2v) is 25.8. The third-order valence-corrected chi connectivity index (χ3v) is 16.1. The number of quaternary nitrogens is 1. The summed E-state index contributed by atoms with van der Waals surface area (Å²) in [6, 6.07) is -0.856. The first-order valence-electron chi connectivity index (χ1n) is 34.3. The number of allylic oxidation sites excluding steroid dienone is 11. The summed E-state index contributed by atoms with van der Waals surface area (Å²) in [5.41, 5.74) is 0. The number of phosphoric ester groups is 1. The highest BCUT2D eigenvalue weighted by molar-refractivity contribution is 7.47. The largest absolute Gasteiger partial charge is 0.472 e. The predicted molar refractivity (Wildman–Crippen MR) is 351 cm³/mol. The lowest BCUT2D eigenvalue weighted by molar-refractivity contribution is -0.870. The highest BCUT2D eigenvalue weighted by atomic mass is 31.2. The van der Waals surface area contributed by atoms with Gasteiger partial charge in [-0.1, -0.05) is 280 Å². The Morgan fingerprint density at radius 1 is 0.444 bits per heavy atom. The quantitative estimate of drug-likeness (QED) is 0.0156. The number of unbranched alkanes of at least 4 members (excludes halogenated alkanes) is 37. The van der Waals surface area contributed by atoms with Crippen molar-refractivity contribution in [1.29, 1.82) is 0 Å². The average Bonchev–Trinajstić information content (AvgIpc) is 3.44. The zero-order chi connectivity index (χ0) is 59.3. The van der Waals surface area contributed by atoms with Crippen molar-refractivity contribution in [2.75, 3.05) is 40.9 Å². The molecule has 0 aliphatic rings. The molecule has 0 aromatic heterocycles. The van der Waals surface area contributed by atoms with E-state index in [2.05, 4.69) is 86.8 Å². The molecule has 0 rings (SSSR count). The van der Waals surface area contributed by atoms with E-state index < -0.39 is 20.0 Å². The van der Waals surface area contributed by atoms with Crippen LogP contribution in [0.15, 0.2) is 72.9 Å². The molecule has 0 aromatic rings. The lowest BCUT2D eigenvalue weighted by atomic mass is 10.0. The fourth-order valence-corrected chi connectivity index (χ4v) is 10.6. The lowest BCUT2D eigenvalue weighted by Gasteiger charge is -2.27. The second kappa shape index (κ2) is 60.6. The van der Waals surface area contributed by atoms with Crippen LogP contribution in [0.25, 0.3) is 0 Å². The summed E-state index contributed by atoms with van der Waals surface area (Å²) in [6.45, 7) is 6.97. The number of esters is 1. The Kier molecular flexibility index (Phi) is 58.7. The van der Waals surface area contributed by atoms with E-state index in [9.17, 15) is 19.0 Å². The van der Waals surface area contributed by atoms with Gasteiger partial charge in [-0.25, -0.2) is 4.57 Å². The lowest BCUT2D eigenvalue weighted by Crippen LogP contribution is -2.47. The summed E-state index contributed by atoms with van der Waals surface area (Å²) in [5.74, 6) is -0.512. The summed E-state index contributed by atoms with van der Waals surface area (Å²) >= 11 is 0. The Labute approximate surface area is 502 Å². The Bertz CT molecular complexity index is 1620. The molecule has 9 nitrogen and oxygen atoms in total. The molecular weight excluding hydrogens is 1020 g/mol. The van der Waals surface area contributed by atoms with Gasteiger partial charge in [-0.15, -0.1) is 0 Å². The van der Waals surface area contributed by atoms with E-state index in [1.807, 2.05) is 33.3 Å². The maximum Gasteiger partial charge on any atom is 0.472 e. The number of likely N-dealkylation sites (N-methyl/N-ethyl adjacent to an activating group) is 1. The van der Waals surface area contributed by atoms with E-state index in [4.69, 9.17) is 13.8 Å². The van der Waals surface area contributed by atoms with Gasteiger partial charge < -0.3 is 19.4 Å². The molecule has 10 heteroatoms. The second-order valence-electron chi connectivity index (χ2n) is 24.4. The molecule has 0 saturated carbocycles. The molecule has 0 aromatic carbocycles. The third kappa shape index (κ3) is 61.8. The van der Waals surface area contributed by atoms with E-state index in [1.54, 1.807) is 0 Å². The van der Waals surface area contributed by atoms with Crippen LogP contribution < -0.4 is 5.32 Å². The van der Waals surface area contributed by atoms with Crippen molar-refractivity contribution in [3.63, 3.8) is 0 Å². The van der Waals surface area contributed by atoms with Crippen LogP contribution in [-0.2, 0) is 27.9 Å². The Morgan fingerprint density at radius 3 is 1.22 bits per heavy atom. The molecule has 3 unspecified atom stereocenters. The van der Waals surface area contributed by atoms with Gasteiger partial charge >= 0.3 is 13.8 Å². The van der Waals surface area contributed by atoms with Gasteiger partial charge in [0.25, 0.3) is 0 Å². The van der Waals surface area contributed by atoms with Crippen molar-refractivity contribution >= 4 is 19.7 Å². The summed E-state index contributed by atoms with van der Waals surface area (Å²) in [5, 5.41) is 3.07. The van der Waals surface area contributed by atoms with E-state index in [0.717, 1.165) is 89.9 Å². The third-order valence-electron chi connectivity index (χ3n) is 15.1. The van der Waals surface area contributed by atoms with Crippen LogP contribution in [0.4, 0.5) is 0 Å². The number of nitrogens with one attached hydrogen (secondary N) is 1. The van der Waals surface area contributed by atoms with Gasteiger partial charge in [-0.05, 0) is 96.0 Å². The van der Waals surface area contributed by atoms with E-state index in [1.165, 1.54) is 193 Å². The highest BCUT2D eigenvalue weighted by Gasteiger charge is 2.30. The normalized spacial score (nSPS) is 14.0. The van der Waals surface area contributed by atoms with Crippen molar-refractivity contribution in [3.8, 4) is 0 Å². The average molecular weight is 1160 g/mol. The van der Waals surface area contributed by atoms with Crippen LogP contribution in [0.1, 0.15) is 316 Å².